The topological polar surface area (TPSA) is 18.5 Å². The summed E-state index contributed by atoms with van der Waals surface area (Å²) in [6.45, 7) is 9.23. The number of ether oxygens (including phenoxy) is 2. The Bertz CT molecular complexity index is 66.8. The fourth-order valence-corrected chi connectivity index (χ4v) is 0.254. The predicted molar refractivity (Wildman–Crippen MR) is 37.9 cm³/mol. The van der Waals surface area contributed by atoms with E-state index in [9.17, 15) is 0 Å². The molecule has 0 heterocycles. The predicted octanol–water partition coefficient (Wildman–Crippen LogP) is -6.92. The third kappa shape index (κ3) is 24.2. The van der Waals surface area contributed by atoms with Gasteiger partial charge in [-0.25, -0.2) is 0 Å². The summed E-state index contributed by atoms with van der Waals surface area (Å²) in [6, 6.07) is 0. The summed E-state index contributed by atoms with van der Waals surface area (Å²) in [4.78, 5) is 0. The average molecular weight is 249 g/mol. The van der Waals surface area contributed by atoms with Crippen LogP contribution in [0.15, 0.2) is 0 Å². The summed E-state index contributed by atoms with van der Waals surface area (Å²) < 4.78 is 10.0. The molecule has 0 aliphatic rings. The zero-order valence-corrected chi connectivity index (χ0v) is 18.9. The monoisotopic (exact) mass is 249 g/mol. The van der Waals surface area contributed by atoms with Gasteiger partial charge in [-0.05, 0) is 27.7 Å². The van der Waals surface area contributed by atoms with Crippen LogP contribution < -0.4 is 154 Å². The van der Waals surface area contributed by atoms with Gasteiger partial charge in [0.2, 0.25) is 0 Å². The first-order valence-corrected chi connectivity index (χ1v) is 3.25. The van der Waals surface area contributed by atoms with Crippen LogP contribution in [0.1, 0.15) is 29.1 Å². The van der Waals surface area contributed by atoms with Crippen LogP contribution >= 0.6 is 0 Å². The van der Waals surface area contributed by atoms with Gasteiger partial charge in [-0.3, -0.25) is 0 Å². The standard InChI is InChI=1S/C7H15O2.3K.H/c1-6(2)8-5-9-7(3)4;;;;/h5-7H,1-4H3;;;;/q-1;3*+1;-1. The third-order valence-corrected chi connectivity index (χ3v) is 0.655. The summed E-state index contributed by atoms with van der Waals surface area (Å²) in [7, 11) is 0. The van der Waals surface area contributed by atoms with E-state index in [0.717, 1.165) is 0 Å². The molecular formula is C7H16K3O2+. The summed E-state index contributed by atoms with van der Waals surface area (Å²) >= 11 is 0. The molecule has 0 aliphatic carbocycles. The van der Waals surface area contributed by atoms with E-state index < -0.39 is 0 Å². The maximum atomic E-state index is 5.01. The summed E-state index contributed by atoms with van der Waals surface area (Å²) in [5.74, 6) is 0. The van der Waals surface area contributed by atoms with E-state index in [0.29, 0.717) is 0 Å². The van der Waals surface area contributed by atoms with Gasteiger partial charge in [0, 0.05) is 12.2 Å². The molecule has 0 fully saturated rings. The van der Waals surface area contributed by atoms with Gasteiger partial charge in [0.25, 0.3) is 0 Å². The zero-order valence-electron chi connectivity index (χ0n) is 10.5. The van der Waals surface area contributed by atoms with Crippen LogP contribution in [0, 0.1) is 6.79 Å². The Labute approximate surface area is 205 Å². The smallest absolute Gasteiger partial charge is 1.00 e. The van der Waals surface area contributed by atoms with E-state index in [4.69, 9.17) is 9.47 Å². The first-order valence-electron chi connectivity index (χ1n) is 3.25. The minimum Gasteiger partial charge on any atom is -1.00 e. The number of hydrogen-bond donors (Lipinski definition) is 0. The molecule has 5 heteroatoms. The Morgan fingerprint density at radius 2 is 1.08 bits per heavy atom. The molecule has 12 heavy (non-hydrogen) atoms. The first-order chi connectivity index (χ1) is 4.13. The molecule has 0 radical (unpaired) electrons. The molecule has 2 nitrogen and oxygen atoms in total. The molecule has 0 unspecified atom stereocenters. The van der Waals surface area contributed by atoms with Crippen LogP contribution in [0.5, 0.6) is 0 Å². The fourth-order valence-electron chi connectivity index (χ4n) is 0.254. The molecule has 0 bridgehead atoms. The van der Waals surface area contributed by atoms with E-state index in [-0.39, 0.29) is 168 Å². The molecule has 0 aromatic heterocycles. The van der Waals surface area contributed by atoms with Crippen molar-refractivity contribution in [3.05, 3.63) is 6.79 Å². The van der Waals surface area contributed by atoms with Gasteiger partial charge >= 0.3 is 154 Å². The van der Waals surface area contributed by atoms with Crippen LogP contribution in [0.3, 0.4) is 0 Å². The van der Waals surface area contributed by atoms with Gasteiger partial charge in [-0.1, -0.05) is 6.79 Å². The van der Waals surface area contributed by atoms with Gasteiger partial charge < -0.3 is 10.9 Å². The second-order valence-electron chi connectivity index (χ2n) is 2.47. The van der Waals surface area contributed by atoms with Crippen molar-refractivity contribution < 1.29 is 165 Å². The van der Waals surface area contributed by atoms with Crippen LogP contribution in [-0.4, -0.2) is 12.2 Å². The second kappa shape index (κ2) is 18.2. The SMILES string of the molecule is CC(C)O[CH-]OC(C)C.[H-].[K+].[K+].[K+]. The van der Waals surface area contributed by atoms with Crippen LogP contribution in [0.4, 0.5) is 0 Å². The molecule has 0 spiro atoms. The van der Waals surface area contributed by atoms with E-state index in [1.807, 2.05) is 27.7 Å². The fraction of sp³-hybridized carbons (Fsp3) is 0.857. The second-order valence-corrected chi connectivity index (χ2v) is 2.47. The molecular weight excluding hydrogens is 233 g/mol. The number of rotatable bonds is 4. The van der Waals surface area contributed by atoms with Crippen molar-refractivity contribution in [1.29, 1.82) is 0 Å². The molecule has 0 amide bonds. The van der Waals surface area contributed by atoms with Crippen molar-refractivity contribution in [2.24, 2.45) is 0 Å². The molecule has 0 saturated heterocycles. The van der Waals surface area contributed by atoms with Gasteiger partial charge in [-0.2, -0.15) is 0 Å². The Balaban J connectivity index is -0.0000000533. The molecule has 0 saturated carbocycles. The van der Waals surface area contributed by atoms with Crippen molar-refractivity contribution in [3.63, 3.8) is 0 Å². The number of hydrogen-bond acceptors (Lipinski definition) is 2. The summed E-state index contributed by atoms with van der Waals surface area (Å²) in [6.07, 6.45) is 0.424. The Hall–Kier alpha value is 4.83. The molecule has 0 aromatic rings. The molecule has 0 N–H and O–H groups in total. The van der Waals surface area contributed by atoms with Crippen LogP contribution in [-0.2, 0) is 9.47 Å². The van der Waals surface area contributed by atoms with Crippen LogP contribution in [0.2, 0.25) is 0 Å². The van der Waals surface area contributed by atoms with Gasteiger partial charge in [0.15, 0.2) is 0 Å². The Kier molecular flexibility index (Phi) is 38.9. The third-order valence-electron chi connectivity index (χ3n) is 0.655. The summed E-state index contributed by atoms with van der Waals surface area (Å²) in [5.41, 5.74) is 0. The van der Waals surface area contributed by atoms with Crippen LogP contribution in [0.25, 0.3) is 0 Å². The van der Waals surface area contributed by atoms with E-state index in [2.05, 4.69) is 0 Å². The maximum Gasteiger partial charge on any atom is 1.00 e. The van der Waals surface area contributed by atoms with Gasteiger partial charge in [0.05, 0.1) is 0 Å². The van der Waals surface area contributed by atoms with Crippen molar-refractivity contribution >= 4 is 0 Å². The summed E-state index contributed by atoms with van der Waals surface area (Å²) in [5, 5.41) is 0. The van der Waals surface area contributed by atoms with Crippen molar-refractivity contribution in [2.45, 2.75) is 39.9 Å². The van der Waals surface area contributed by atoms with Gasteiger partial charge in [0.1, 0.15) is 0 Å². The zero-order chi connectivity index (χ0) is 7.28. The maximum absolute atomic E-state index is 5.01. The molecule has 0 aliphatic heterocycles. The van der Waals surface area contributed by atoms with Gasteiger partial charge in [-0.15, -0.1) is 0 Å². The Morgan fingerprint density at radius 3 is 1.25 bits per heavy atom. The Morgan fingerprint density at radius 1 is 0.833 bits per heavy atom. The largest absolute Gasteiger partial charge is 1.00 e. The quantitative estimate of drug-likeness (QED) is 0.364. The van der Waals surface area contributed by atoms with E-state index in [1.54, 1.807) is 0 Å². The average Bonchev–Trinajstić information content (AvgIpc) is 1.63. The first kappa shape index (κ1) is 25.6. The van der Waals surface area contributed by atoms with E-state index >= 15 is 0 Å². The molecule has 0 atom stereocenters. The van der Waals surface area contributed by atoms with Crippen molar-refractivity contribution in [2.75, 3.05) is 0 Å². The molecule has 0 rings (SSSR count). The normalized spacial score (nSPS) is 8.50. The van der Waals surface area contributed by atoms with E-state index in [1.165, 1.54) is 6.79 Å². The molecule has 0 aromatic carbocycles. The van der Waals surface area contributed by atoms with Crippen molar-refractivity contribution in [3.8, 4) is 0 Å². The molecule has 58 valence electrons. The minimum absolute atomic E-state index is 0. The van der Waals surface area contributed by atoms with Crippen molar-refractivity contribution in [1.82, 2.24) is 0 Å². The minimum atomic E-state index is 0.